The van der Waals surface area contributed by atoms with Gasteiger partial charge in [-0.2, -0.15) is 0 Å². The number of hydrogen-bond donors (Lipinski definition) is 1. The van der Waals surface area contributed by atoms with Gasteiger partial charge < -0.3 is 8.82 Å². The van der Waals surface area contributed by atoms with Crippen molar-refractivity contribution in [3.05, 3.63) is 65.2 Å². The van der Waals surface area contributed by atoms with Crippen LogP contribution in [0.15, 0.2) is 62.9 Å². The molecular weight excluding hydrogens is 368 g/mol. The van der Waals surface area contributed by atoms with Crippen LogP contribution in [0.3, 0.4) is 0 Å². The molecule has 1 N–H and O–H groups in total. The molecule has 0 radical (unpaired) electrons. The number of oxazole rings is 1. The maximum Gasteiger partial charge on any atom is 0.419 e. The predicted octanol–water partition coefficient (Wildman–Crippen LogP) is 1.78. The molecule has 0 saturated heterocycles. The minimum Gasteiger partial charge on any atom is -0.408 e. The summed E-state index contributed by atoms with van der Waals surface area (Å²) < 4.78 is 36.2. The van der Waals surface area contributed by atoms with E-state index < -0.39 is 15.8 Å². The van der Waals surface area contributed by atoms with Gasteiger partial charge in [-0.1, -0.05) is 6.07 Å². The average molecular weight is 386 g/mol. The van der Waals surface area contributed by atoms with Crippen LogP contribution in [0.25, 0.3) is 16.6 Å². The molecule has 0 aliphatic rings. The number of sulfonamides is 1. The summed E-state index contributed by atoms with van der Waals surface area (Å²) in [7, 11) is -3.73. The molecule has 3 aromatic heterocycles. The summed E-state index contributed by atoms with van der Waals surface area (Å²) in [6, 6.07) is 10.2. The molecule has 0 amide bonds. The van der Waals surface area contributed by atoms with Gasteiger partial charge in [0, 0.05) is 31.8 Å². The van der Waals surface area contributed by atoms with Crippen molar-refractivity contribution >= 4 is 26.6 Å². The fourth-order valence-corrected chi connectivity index (χ4v) is 4.13. The van der Waals surface area contributed by atoms with E-state index in [9.17, 15) is 13.2 Å². The summed E-state index contributed by atoms with van der Waals surface area (Å²) in [6.07, 6.45) is 4.08. The smallest absolute Gasteiger partial charge is 0.408 e. The predicted molar refractivity (Wildman–Crippen MR) is 100 cm³/mol. The van der Waals surface area contributed by atoms with Crippen LogP contribution in [0.1, 0.15) is 12.7 Å². The molecule has 1 aromatic carbocycles. The number of pyridine rings is 1. The quantitative estimate of drug-likeness (QED) is 0.545. The third-order valence-corrected chi connectivity index (χ3v) is 5.88. The Balaban J connectivity index is 1.53. The van der Waals surface area contributed by atoms with Crippen molar-refractivity contribution in [2.75, 3.05) is 6.54 Å². The highest BCUT2D eigenvalue weighted by Crippen LogP contribution is 2.18. The molecule has 0 aliphatic carbocycles. The van der Waals surface area contributed by atoms with Crippen LogP contribution < -0.4 is 10.5 Å². The highest BCUT2D eigenvalue weighted by atomic mass is 32.2. The van der Waals surface area contributed by atoms with E-state index in [1.807, 2.05) is 35.7 Å². The van der Waals surface area contributed by atoms with Crippen LogP contribution in [-0.2, 0) is 23.0 Å². The third-order valence-electron chi connectivity index (χ3n) is 4.42. The second kappa shape index (κ2) is 6.67. The summed E-state index contributed by atoms with van der Waals surface area (Å²) >= 11 is 0. The zero-order valence-electron chi connectivity index (χ0n) is 14.6. The number of nitrogens with zero attached hydrogens (tertiary/aromatic N) is 3. The Kier molecular flexibility index (Phi) is 4.33. The molecule has 4 aromatic rings. The average Bonchev–Trinajstić information content (AvgIpc) is 3.21. The first kappa shape index (κ1) is 17.5. The number of nitrogens with one attached hydrogen (secondary N) is 1. The van der Waals surface area contributed by atoms with Crippen molar-refractivity contribution in [2.45, 2.75) is 24.8 Å². The zero-order chi connectivity index (χ0) is 19.0. The number of rotatable bonds is 6. The van der Waals surface area contributed by atoms with E-state index >= 15 is 0 Å². The number of benzene rings is 1. The van der Waals surface area contributed by atoms with Gasteiger partial charge in [-0.25, -0.2) is 22.9 Å². The van der Waals surface area contributed by atoms with Gasteiger partial charge in [0.05, 0.1) is 22.1 Å². The van der Waals surface area contributed by atoms with Gasteiger partial charge in [-0.3, -0.25) is 4.57 Å². The third kappa shape index (κ3) is 3.15. The van der Waals surface area contributed by atoms with Gasteiger partial charge in [-0.15, -0.1) is 0 Å². The molecule has 0 aliphatic heterocycles. The highest BCUT2D eigenvalue weighted by Gasteiger charge is 2.17. The molecule has 0 saturated carbocycles. The molecule has 0 atom stereocenters. The number of fused-ring (bicyclic) bond motifs is 2. The van der Waals surface area contributed by atoms with Crippen LogP contribution in [-0.4, -0.2) is 28.9 Å². The lowest BCUT2D eigenvalue weighted by atomic mass is 10.3. The van der Waals surface area contributed by atoms with Crippen LogP contribution in [0, 0.1) is 0 Å². The normalized spacial score (nSPS) is 12.2. The van der Waals surface area contributed by atoms with Gasteiger partial charge >= 0.3 is 5.76 Å². The standard InChI is InChI=1S/C18H18N4O4S/c1-2-21-15-7-6-14(11-16(15)26-18(21)23)27(24,25)20-9-8-17-19-12-13-5-3-4-10-22(13)17/h3-7,10-12,20H,2,8-9H2,1H3. The topological polar surface area (TPSA) is 98.6 Å². The number of imidazole rings is 1. The molecule has 8 nitrogen and oxygen atoms in total. The maximum absolute atomic E-state index is 12.6. The molecule has 0 bridgehead atoms. The van der Waals surface area contributed by atoms with Gasteiger partial charge in [0.25, 0.3) is 0 Å². The Bertz CT molecular complexity index is 1280. The summed E-state index contributed by atoms with van der Waals surface area (Å²) in [4.78, 5) is 16.1. The molecule has 4 rings (SSSR count). The largest absolute Gasteiger partial charge is 0.419 e. The minimum atomic E-state index is -3.73. The Hall–Kier alpha value is -2.91. The second-order valence-electron chi connectivity index (χ2n) is 6.06. The zero-order valence-corrected chi connectivity index (χ0v) is 15.4. The van der Waals surface area contributed by atoms with Crippen LogP contribution in [0.2, 0.25) is 0 Å². The molecule has 3 heterocycles. The van der Waals surface area contributed by atoms with E-state index in [1.54, 1.807) is 12.3 Å². The molecule has 0 spiro atoms. The fraction of sp³-hybridized carbons (Fsp3) is 0.222. The summed E-state index contributed by atoms with van der Waals surface area (Å²) in [5.74, 6) is 0.274. The Labute approximate surface area is 155 Å². The van der Waals surface area contributed by atoms with E-state index in [1.165, 1.54) is 16.7 Å². The van der Waals surface area contributed by atoms with Gasteiger partial charge in [-0.05, 0) is 31.2 Å². The van der Waals surface area contributed by atoms with E-state index in [0.717, 1.165) is 11.3 Å². The molecule has 140 valence electrons. The van der Waals surface area contributed by atoms with Gasteiger partial charge in [0.15, 0.2) is 5.58 Å². The van der Waals surface area contributed by atoms with Crippen molar-refractivity contribution in [2.24, 2.45) is 0 Å². The number of aromatic nitrogens is 3. The van der Waals surface area contributed by atoms with Crippen LogP contribution in [0.5, 0.6) is 0 Å². The Morgan fingerprint density at radius 2 is 2.07 bits per heavy atom. The summed E-state index contributed by atoms with van der Waals surface area (Å²) in [6.45, 7) is 2.48. The summed E-state index contributed by atoms with van der Waals surface area (Å²) in [5.41, 5.74) is 1.78. The second-order valence-corrected chi connectivity index (χ2v) is 7.83. The summed E-state index contributed by atoms with van der Waals surface area (Å²) in [5, 5.41) is 0. The molecular formula is C18H18N4O4S. The minimum absolute atomic E-state index is 0.0555. The van der Waals surface area contributed by atoms with Gasteiger partial charge in [0.1, 0.15) is 5.82 Å². The fourth-order valence-electron chi connectivity index (χ4n) is 3.08. The van der Waals surface area contributed by atoms with Crippen molar-refractivity contribution in [3.8, 4) is 0 Å². The number of hydrogen-bond acceptors (Lipinski definition) is 5. The first-order chi connectivity index (χ1) is 13.0. The van der Waals surface area contributed by atoms with Crippen molar-refractivity contribution < 1.29 is 12.8 Å². The Morgan fingerprint density at radius 1 is 1.22 bits per heavy atom. The molecule has 9 heteroatoms. The maximum atomic E-state index is 12.6. The Morgan fingerprint density at radius 3 is 2.89 bits per heavy atom. The van der Waals surface area contributed by atoms with E-state index in [2.05, 4.69) is 9.71 Å². The van der Waals surface area contributed by atoms with Crippen LogP contribution in [0.4, 0.5) is 0 Å². The van der Waals surface area contributed by atoms with E-state index in [4.69, 9.17) is 4.42 Å². The molecule has 0 fully saturated rings. The van der Waals surface area contributed by atoms with Crippen molar-refractivity contribution in [3.63, 3.8) is 0 Å². The van der Waals surface area contributed by atoms with Gasteiger partial charge in [0.2, 0.25) is 10.0 Å². The van der Waals surface area contributed by atoms with E-state index in [-0.39, 0.29) is 17.0 Å². The first-order valence-corrected chi connectivity index (χ1v) is 10.0. The highest BCUT2D eigenvalue weighted by molar-refractivity contribution is 7.89. The van der Waals surface area contributed by atoms with Crippen molar-refractivity contribution in [1.82, 2.24) is 18.7 Å². The SMILES string of the molecule is CCn1c(=O)oc2cc(S(=O)(=O)NCCc3ncc4ccccn34)ccc21. The lowest BCUT2D eigenvalue weighted by Crippen LogP contribution is -2.26. The van der Waals surface area contributed by atoms with E-state index in [0.29, 0.717) is 18.5 Å². The van der Waals surface area contributed by atoms with Crippen LogP contribution >= 0.6 is 0 Å². The lowest BCUT2D eigenvalue weighted by Gasteiger charge is -2.07. The van der Waals surface area contributed by atoms with Crippen molar-refractivity contribution in [1.29, 1.82) is 0 Å². The molecule has 27 heavy (non-hydrogen) atoms. The first-order valence-electron chi connectivity index (χ1n) is 8.53. The number of aryl methyl sites for hydroxylation is 1. The monoisotopic (exact) mass is 386 g/mol. The molecule has 0 unspecified atom stereocenters. The lowest BCUT2D eigenvalue weighted by molar-refractivity contribution is 0.512.